The predicted molar refractivity (Wildman–Crippen MR) is 89.3 cm³/mol. The Morgan fingerprint density at radius 1 is 1.12 bits per heavy atom. The maximum atomic E-state index is 13.7. The second-order valence-corrected chi connectivity index (χ2v) is 6.87. The number of aryl methyl sites for hydroxylation is 1. The van der Waals surface area contributed by atoms with Crippen molar-refractivity contribution >= 4 is 11.8 Å². The zero-order valence-corrected chi connectivity index (χ0v) is 13.8. The van der Waals surface area contributed by atoms with Gasteiger partial charge in [-0.15, -0.1) is 11.8 Å². The lowest BCUT2D eigenvalue weighted by molar-refractivity contribution is -0.0786. The number of hydrogen-bond acceptors (Lipinski definition) is 6. The number of aliphatic hydroxyl groups is 3. The van der Waals surface area contributed by atoms with Gasteiger partial charge in [-0.05, 0) is 30.2 Å². The number of aliphatic hydroxyl groups excluding tert-OH is 3. The molecule has 128 valence electrons. The Labute approximate surface area is 143 Å². The van der Waals surface area contributed by atoms with Crippen LogP contribution in [-0.4, -0.2) is 49.8 Å². The number of rotatable bonds is 3. The number of aromatic nitrogens is 1. The highest BCUT2D eigenvalue weighted by molar-refractivity contribution is 7.99. The van der Waals surface area contributed by atoms with Gasteiger partial charge in [0.15, 0.2) is 5.44 Å². The predicted octanol–water partition coefficient (Wildman–Crippen LogP) is 1.73. The topological polar surface area (TPSA) is 82.8 Å². The van der Waals surface area contributed by atoms with Crippen LogP contribution in [-0.2, 0) is 0 Å². The van der Waals surface area contributed by atoms with Crippen LogP contribution in [0.4, 0.5) is 4.39 Å². The minimum absolute atomic E-state index is 0.263. The summed E-state index contributed by atoms with van der Waals surface area (Å²) >= 11 is 1.21. The number of pyridine rings is 1. The highest BCUT2D eigenvalue weighted by Gasteiger charge is 2.38. The van der Waals surface area contributed by atoms with Crippen LogP contribution in [0.2, 0.25) is 0 Å². The quantitative estimate of drug-likeness (QED) is 0.781. The van der Waals surface area contributed by atoms with Crippen LogP contribution < -0.4 is 4.74 Å². The fourth-order valence-electron chi connectivity index (χ4n) is 2.43. The molecule has 0 bridgehead atoms. The van der Waals surface area contributed by atoms with Gasteiger partial charge < -0.3 is 20.1 Å². The number of ether oxygens (including phenoxy) is 1. The Hall–Kier alpha value is -1.67. The van der Waals surface area contributed by atoms with Crippen LogP contribution in [0.1, 0.15) is 5.56 Å². The highest BCUT2D eigenvalue weighted by Crippen LogP contribution is 2.31. The molecule has 0 unspecified atom stereocenters. The molecule has 1 aliphatic heterocycles. The van der Waals surface area contributed by atoms with Gasteiger partial charge in [0.05, 0.1) is 12.3 Å². The van der Waals surface area contributed by atoms with E-state index in [-0.39, 0.29) is 11.6 Å². The molecular formula is C17H18FNO4S. The summed E-state index contributed by atoms with van der Waals surface area (Å²) in [6, 6.07) is 6.61. The van der Waals surface area contributed by atoms with E-state index in [4.69, 9.17) is 4.74 Å². The molecule has 2 aromatic rings. The van der Waals surface area contributed by atoms with Gasteiger partial charge in [-0.2, -0.15) is 0 Å². The summed E-state index contributed by atoms with van der Waals surface area (Å²) in [5, 5.41) is 29.3. The summed E-state index contributed by atoms with van der Waals surface area (Å²) in [4.78, 5) is 4.09. The molecule has 1 aromatic carbocycles. The molecule has 3 rings (SSSR count). The van der Waals surface area contributed by atoms with Crippen LogP contribution in [0.3, 0.4) is 0 Å². The first-order valence-electron chi connectivity index (χ1n) is 7.50. The summed E-state index contributed by atoms with van der Waals surface area (Å²) < 4.78 is 19.4. The van der Waals surface area contributed by atoms with E-state index in [0.29, 0.717) is 22.4 Å². The Balaban J connectivity index is 1.79. The maximum absolute atomic E-state index is 13.7. The van der Waals surface area contributed by atoms with Gasteiger partial charge in [-0.1, -0.05) is 12.1 Å². The number of hydrogen-bond donors (Lipinski definition) is 3. The van der Waals surface area contributed by atoms with Crippen molar-refractivity contribution in [1.29, 1.82) is 0 Å². The molecule has 5 nitrogen and oxygen atoms in total. The largest absolute Gasteiger partial charge is 0.475 e. The van der Waals surface area contributed by atoms with Crippen molar-refractivity contribution in [2.24, 2.45) is 0 Å². The molecule has 0 spiro atoms. The molecule has 1 fully saturated rings. The lowest BCUT2D eigenvalue weighted by Crippen LogP contribution is -2.50. The molecule has 3 N–H and O–H groups in total. The van der Waals surface area contributed by atoms with Gasteiger partial charge in [0, 0.05) is 17.5 Å². The second kappa shape index (κ2) is 7.06. The monoisotopic (exact) mass is 351 g/mol. The van der Waals surface area contributed by atoms with Crippen molar-refractivity contribution in [3.8, 4) is 16.9 Å². The van der Waals surface area contributed by atoms with Crippen LogP contribution >= 0.6 is 11.8 Å². The van der Waals surface area contributed by atoms with Crippen LogP contribution in [0.15, 0.2) is 36.7 Å². The molecule has 4 atom stereocenters. The summed E-state index contributed by atoms with van der Waals surface area (Å²) in [6.45, 7) is 1.69. The molecule has 0 amide bonds. The van der Waals surface area contributed by atoms with E-state index < -0.39 is 23.7 Å². The maximum Gasteiger partial charge on any atom is 0.173 e. The fraction of sp³-hybridized carbons (Fsp3) is 0.353. The summed E-state index contributed by atoms with van der Waals surface area (Å²) in [5.41, 5.74) is 1.20. The van der Waals surface area contributed by atoms with Crippen molar-refractivity contribution in [3.63, 3.8) is 0 Å². The summed E-state index contributed by atoms with van der Waals surface area (Å²) in [5.74, 6) is 0.363. The average molecular weight is 351 g/mol. The number of benzene rings is 1. The third kappa shape index (κ3) is 3.54. The highest BCUT2D eigenvalue weighted by atomic mass is 32.2. The SMILES string of the molecule is Cc1ccc(-c2cncc(O[C@H]3SC[C@@H](O)[C@H](O)[C@H]3O)c2)cc1F. The molecule has 2 heterocycles. The minimum Gasteiger partial charge on any atom is -0.475 e. The smallest absolute Gasteiger partial charge is 0.173 e. The van der Waals surface area contributed by atoms with E-state index in [1.54, 1.807) is 31.3 Å². The van der Waals surface area contributed by atoms with Crippen molar-refractivity contribution in [3.05, 3.63) is 48.0 Å². The van der Waals surface area contributed by atoms with Gasteiger partial charge in [0.25, 0.3) is 0 Å². The molecule has 0 saturated carbocycles. The Kier molecular flexibility index (Phi) is 5.05. The first-order chi connectivity index (χ1) is 11.5. The van der Waals surface area contributed by atoms with E-state index in [1.807, 2.05) is 0 Å². The summed E-state index contributed by atoms with van der Waals surface area (Å²) in [6.07, 6.45) is -0.360. The Morgan fingerprint density at radius 2 is 1.92 bits per heavy atom. The lowest BCUT2D eigenvalue weighted by Gasteiger charge is -2.34. The van der Waals surface area contributed by atoms with Crippen molar-refractivity contribution in [2.45, 2.75) is 30.7 Å². The van der Waals surface area contributed by atoms with Crippen LogP contribution in [0.25, 0.3) is 11.1 Å². The number of halogens is 1. The number of nitrogens with zero attached hydrogens (tertiary/aromatic N) is 1. The van der Waals surface area contributed by atoms with E-state index in [1.165, 1.54) is 24.0 Å². The molecule has 0 radical (unpaired) electrons. The standard InChI is InChI=1S/C17H18FNO4S/c1-9-2-3-10(5-13(9)18)11-4-12(7-19-6-11)23-17-16(22)15(21)14(20)8-24-17/h2-7,14-17,20-22H,8H2,1H3/t14-,15+,16-,17+/m1/s1. The first kappa shape index (κ1) is 17.2. The minimum atomic E-state index is -1.25. The normalized spacial score (nSPS) is 27.0. The molecule has 1 aliphatic rings. The third-order valence-electron chi connectivity index (χ3n) is 3.92. The van der Waals surface area contributed by atoms with E-state index in [9.17, 15) is 19.7 Å². The molecule has 24 heavy (non-hydrogen) atoms. The third-order valence-corrected chi connectivity index (χ3v) is 5.16. The lowest BCUT2D eigenvalue weighted by atomic mass is 10.1. The van der Waals surface area contributed by atoms with E-state index >= 15 is 0 Å². The molecular weight excluding hydrogens is 333 g/mol. The van der Waals surface area contributed by atoms with Crippen LogP contribution in [0.5, 0.6) is 5.75 Å². The van der Waals surface area contributed by atoms with E-state index in [0.717, 1.165) is 0 Å². The van der Waals surface area contributed by atoms with Crippen molar-refractivity contribution in [1.82, 2.24) is 4.98 Å². The summed E-state index contributed by atoms with van der Waals surface area (Å²) in [7, 11) is 0. The zero-order chi connectivity index (χ0) is 17.3. The van der Waals surface area contributed by atoms with Crippen molar-refractivity contribution in [2.75, 3.05) is 5.75 Å². The van der Waals surface area contributed by atoms with E-state index in [2.05, 4.69) is 4.98 Å². The number of thioether (sulfide) groups is 1. The van der Waals surface area contributed by atoms with Gasteiger partial charge in [0.2, 0.25) is 0 Å². The molecule has 1 saturated heterocycles. The van der Waals surface area contributed by atoms with Gasteiger partial charge in [0.1, 0.15) is 23.8 Å². The average Bonchev–Trinajstić information content (AvgIpc) is 2.58. The second-order valence-electron chi connectivity index (χ2n) is 5.74. The Bertz CT molecular complexity index is 729. The van der Waals surface area contributed by atoms with Gasteiger partial charge >= 0.3 is 0 Å². The van der Waals surface area contributed by atoms with Gasteiger partial charge in [-0.25, -0.2) is 4.39 Å². The van der Waals surface area contributed by atoms with Crippen LogP contribution in [0, 0.1) is 12.7 Å². The fourth-order valence-corrected chi connectivity index (χ4v) is 3.55. The molecule has 1 aromatic heterocycles. The zero-order valence-electron chi connectivity index (χ0n) is 13.0. The first-order valence-corrected chi connectivity index (χ1v) is 8.54. The molecule has 0 aliphatic carbocycles. The molecule has 7 heteroatoms. The van der Waals surface area contributed by atoms with Crippen molar-refractivity contribution < 1.29 is 24.4 Å². The Morgan fingerprint density at radius 3 is 2.67 bits per heavy atom. The van der Waals surface area contributed by atoms with Gasteiger partial charge in [-0.3, -0.25) is 4.98 Å².